The summed E-state index contributed by atoms with van der Waals surface area (Å²) in [5.74, 6) is -0.250. The number of rotatable bonds is 2. The molecule has 1 heterocycles. The lowest BCUT2D eigenvalue weighted by Crippen LogP contribution is -1.97. The molecule has 0 saturated heterocycles. The van der Waals surface area contributed by atoms with E-state index in [2.05, 4.69) is 5.38 Å². The Labute approximate surface area is 63.4 Å². The van der Waals surface area contributed by atoms with Crippen molar-refractivity contribution in [1.29, 1.82) is 0 Å². The first-order chi connectivity index (χ1) is 4.79. The van der Waals surface area contributed by atoms with Crippen LogP contribution in [0.3, 0.4) is 0 Å². The molecule has 0 unspecified atom stereocenters. The Morgan fingerprint density at radius 2 is 2.70 bits per heavy atom. The van der Waals surface area contributed by atoms with E-state index in [1.54, 1.807) is 0 Å². The van der Waals surface area contributed by atoms with Gasteiger partial charge in [-0.1, -0.05) is 0 Å². The van der Waals surface area contributed by atoms with E-state index in [1.165, 1.54) is 18.3 Å². The second-order valence-corrected chi connectivity index (χ2v) is 2.54. The highest BCUT2D eigenvalue weighted by Crippen LogP contribution is 2.05. The quantitative estimate of drug-likeness (QED) is 0.606. The predicted molar refractivity (Wildman–Crippen MR) is 38.6 cm³/mol. The number of thiophene rings is 1. The van der Waals surface area contributed by atoms with E-state index in [9.17, 15) is 4.79 Å². The average Bonchev–Trinajstić information content (AvgIpc) is 2.34. The molecule has 0 spiro atoms. The summed E-state index contributed by atoms with van der Waals surface area (Å²) in [6, 6.07) is 1.88. The van der Waals surface area contributed by atoms with E-state index in [0.717, 1.165) is 5.56 Å². The van der Waals surface area contributed by atoms with Gasteiger partial charge in [0.2, 0.25) is 0 Å². The Morgan fingerprint density at radius 3 is 3.20 bits per heavy atom. The standard InChI is InChI=1S/C7H7O2S/c1-6(8)9-4-7-2-3-10-5-7/h2-3H,4H2,1H3. The topological polar surface area (TPSA) is 26.3 Å². The fourth-order valence-electron chi connectivity index (χ4n) is 0.517. The monoisotopic (exact) mass is 155 g/mol. The van der Waals surface area contributed by atoms with Crippen LogP contribution in [0.2, 0.25) is 0 Å². The summed E-state index contributed by atoms with van der Waals surface area (Å²) in [6.07, 6.45) is 0. The molecule has 0 N–H and O–H groups in total. The lowest BCUT2D eigenvalue weighted by Gasteiger charge is -1.96. The van der Waals surface area contributed by atoms with Gasteiger partial charge in [-0.15, -0.1) is 11.3 Å². The smallest absolute Gasteiger partial charge is 0.302 e. The van der Waals surface area contributed by atoms with Gasteiger partial charge in [0.15, 0.2) is 0 Å². The molecule has 0 aromatic carbocycles. The molecule has 0 aliphatic carbocycles. The third-order valence-corrected chi connectivity index (χ3v) is 1.61. The molecule has 3 heteroatoms. The lowest BCUT2D eigenvalue weighted by atomic mass is 10.4. The highest BCUT2D eigenvalue weighted by Gasteiger charge is 1.95. The van der Waals surface area contributed by atoms with Gasteiger partial charge in [0.05, 0.1) is 5.38 Å². The molecule has 1 aromatic rings. The molecule has 0 aliphatic rings. The van der Waals surface area contributed by atoms with E-state index in [1.807, 2.05) is 11.4 Å². The molecule has 0 aliphatic heterocycles. The molecule has 1 aromatic heterocycles. The first-order valence-electron chi connectivity index (χ1n) is 2.86. The molecule has 0 saturated carbocycles. The van der Waals surface area contributed by atoms with Crippen molar-refractivity contribution in [2.45, 2.75) is 13.5 Å². The van der Waals surface area contributed by atoms with Gasteiger partial charge in [0.25, 0.3) is 0 Å². The van der Waals surface area contributed by atoms with Gasteiger partial charge in [-0.3, -0.25) is 4.79 Å². The van der Waals surface area contributed by atoms with Crippen LogP contribution in [0, 0.1) is 5.38 Å². The highest BCUT2D eigenvalue weighted by atomic mass is 32.1. The van der Waals surface area contributed by atoms with Crippen molar-refractivity contribution in [3.63, 3.8) is 0 Å². The molecule has 2 nitrogen and oxygen atoms in total. The lowest BCUT2D eigenvalue weighted by molar-refractivity contribution is -0.142. The molecule has 10 heavy (non-hydrogen) atoms. The van der Waals surface area contributed by atoms with Crippen LogP contribution in [0.5, 0.6) is 0 Å². The van der Waals surface area contributed by atoms with Gasteiger partial charge < -0.3 is 4.74 Å². The van der Waals surface area contributed by atoms with E-state index >= 15 is 0 Å². The Morgan fingerprint density at radius 1 is 1.90 bits per heavy atom. The minimum Gasteiger partial charge on any atom is -0.461 e. The molecule has 53 valence electrons. The second kappa shape index (κ2) is 3.37. The van der Waals surface area contributed by atoms with Crippen molar-refractivity contribution in [2.24, 2.45) is 0 Å². The van der Waals surface area contributed by atoms with Crippen molar-refractivity contribution >= 4 is 17.3 Å². The fraction of sp³-hybridized carbons (Fsp3) is 0.286. The summed E-state index contributed by atoms with van der Waals surface area (Å²) in [4.78, 5) is 10.3. The summed E-state index contributed by atoms with van der Waals surface area (Å²) < 4.78 is 4.72. The Bertz CT molecular complexity index is 203. The van der Waals surface area contributed by atoms with Crippen LogP contribution in [0.25, 0.3) is 0 Å². The highest BCUT2D eigenvalue weighted by molar-refractivity contribution is 7.07. The Kier molecular flexibility index (Phi) is 2.45. The van der Waals surface area contributed by atoms with Crippen molar-refractivity contribution < 1.29 is 9.53 Å². The van der Waals surface area contributed by atoms with Gasteiger partial charge >= 0.3 is 5.97 Å². The minimum absolute atomic E-state index is 0.250. The molecule has 0 fully saturated rings. The van der Waals surface area contributed by atoms with Crippen LogP contribution in [0.15, 0.2) is 11.4 Å². The minimum atomic E-state index is -0.250. The van der Waals surface area contributed by atoms with Gasteiger partial charge in [-0.2, -0.15) is 0 Å². The molecule has 0 bridgehead atoms. The SMILES string of the molecule is CC(=O)OCc1[c]scc1. The molecular weight excluding hydrogens is 148 g/mol. The van der Waals surface area contributed by atoms with Gasteiger partial charge in [-0.25, -0.2) is 0 Å². The van der Waals surface area contributed by atoms with Crippen LogP contribution in [0.4, 0.5) is 0 Å². The van der Waals surface area contributed by atoms with Crippen LogP contribution in [0.1, 0.15) is 12.5 Å². The Hall–Kier alpha value is -0.830. The third-order valence-electron chi connectivity index (χ3n) is 0.958. The molecular formula is C7H7O2S. The molecule has 0 amide bonds. The summed E-state index contributed by atoms with van der Waals surface area (Å²) in [7, 11) is 0. The largest absolute Gasteiger partial charge is 0.461 e. The number of ether oxygens (including phenoxy) is 1. The first kappa shape index (κ1) is 7.28. The van der Waals surface area contributed by atoms with E-state index in [-0.39, 0.29) is 5.97 Å². The summed E-state index contributed by atoms with van der Waals surface area (Å²) in [5, 5.41) is 4.86. The summed E-state index contributed by atoms with van der Waals surface area (Å²) in [6.45, 7) is 1.74. The van der Waals surface area contributed by atoms with E-state index < -0.39 is 0 Å². The van der Waals surface area contributed by atoms with Gasteiger partial charge in [0, 0.05) is 12.5 Å². The normalized spacial score (nSPS) is 9.30. The first-order valence-corrected chi connectivity index (χ1v) is 3.74. The van der Waals surface area contributed by atoms with Crippen LogP contribution >= 0.6 is 11.3 Å². The van der Waals surface area contributed by atoms with Crippen LogP contribution in [-0.4, -0.2) is 5.97 Å². The van der Waals surface area contributed by atoms with Crippen molar-refractivity contribution in [3.8, 4) is 0 Å². The van der Waals surface area contributed by atoms with E-state index in [0.29, 0.717) is 6.61 Å². The second-order valence-electron chi connectivity index (χ2n) is 1.83. The zero-order valence-corrected chi connectivity index (χ0v) is 6.40. The maximum Gasteiger partial charge on any atom is 0.302 e. The predicted octanol–water partition coefficient (Wildman–Crippen LogP) is 1.61. The average molecular weight is 155 g/mol. The number of esters is 1. The molecule has 1 rings (SSSR count). The number of hydrogen-bond donors (Lipinski definition) is 0. The van der Waals surface area contributed by atoms with Crippen molar-refractivity contribution in [2.75, 3.05) is 0 Å². The zero-order chi connectivity index (χ0) is 7.40. The maximum atomic E-state index is 10.3. The van der Waals surface area contributed by atoms with Crippen molar-refractivity contribution in [3.05, 3.63) is 22.4 Å². The zero-order valence-electron chi connectivity index (χ0n) is 5.59. The third kappa shape index (κ3) is 2.19. The summed E-state index contributed by atoms with van der Waals surface area (Å²) in [5.41, 5.74) is 0.931. The number of carbonyl (C=O) groups is 1. The van der Waals surface area contributed by atoms with Crippen LogP contribution < -0.4 is 0 Å². The van der Waals surface area contributed by atoms with Gasteiger partial charge in [0.1, 0.15) is 6.61 Å². The molecule has 1 radical (unpaired) electrons. The Balaban J connectivity index is 2.35. The maximum absolute atomic E-state index is 10.3. The number of carbonyl (C=O) groups excluding carboxylic acids is 1. The van der Waals surface area contributed by atoms with E-state index in [4.69, 9.17) is 4.74 Å². The fourth-order valence-corrected chi connectivity index (χ4v) is 1.10. The van der Waals surface area contributed by atoms with Gasteiger partial charge in [-0.05, 0) is 11.4 Å². The molecule has 0 atom stereocenters. The number of hydrogen-bond acceptors (Lipinski definition) is 3. The summed E-state index contributed by atoms with van der Waals surface area (Å²) >= 11 is 1.47. The van der Waals surface area contributed by atoms with Crippen molar-refractivity contribution in [1.82, 2.24) is 0 Å². The van der Waals surface area contributed by atoms with Crippen LogP contribution in [-0.2, 0) is 16.1 Å².